The highest BCUT2D eigenvalue weighted by Crippen LogP contribution is 2.27. The van der Waals surface area contributed by atoms with Crippen molar-refractivity contribution in [2.75, 3.05) is 11.9 Å². The fourth-order valence-electron chi connectivity index (χ4n) is 1.86. The van der Waals surface area contributed by atoms with E-state index in [0.717, 1.165) is 31.4 Å². The summed E-state index contributed by atoms with van der Waals surface area (Å²) in [6, 6.07) is 4.22. The van der Waals surface area contributed by atoms with E-state index in [1.807, 2.05) is 24.0 Å². The lowest BCUT2D eigenvalue weighted by Gasteiger charge is -2.21. The topological polar surface area (TPSA) is 45.2 Å². The number of aryl methyl sites for hydroxylation is 1. The number of hydrogen-bond acceptors (Lipinski definition) is 2. The average molecular weight is 233 g/mol. The SMILES string of the molecule is CCCN(C(=O)Nc1cc(C)ccn1)C1CC1. The fraction of sp³-hybridized carbons (Fsp3) is 0.538. The van der Waals surface area contributed by atoms with Gasteiger partial charge >= 0.3 is 6.03 Å². The van der Waals surface area contributed by atoms with E-state index in [0.29, 0.717) is 11.9 Å². The molecule has 0 radical (unpaired) electrons. The Hall–Kier alpha value is -1.58. The lowest BCUT2D eigenvalue weighted by atomic mass is 10.3. The van der Waals surface area contributed by atoms with Crippen molar-refractivity contribution in [3.63, 3.8) is 0 Å². The Morgan fingerprint density at radius 2 is 2.35 bits per heavy atom. The van der Waals surface area contributed by atoms with Crippen molar-refractivity contribution in [3.8, 4) is 0 Å². The predicted octanol–water partition coefficient (Wildman–Crippen LogP) is 2.80. The number of anilines is 1. The third kappa shape index (κ3) is 3.19. The van der Waals surface area contributed by atoms with E-state index >= 15 is 0 Å². The molecule has 1 fully saturated rings. The predicted molar refractivity (Wildman–Crippen MR) is 68.0 cm³/mol. The van der Waals surface area contributed by atoms with Crippen LogP contribution in [0, 0.1) is 6.92 Å². The third-order valence-electron chi connectivity index (χ3n) is 2.86. The minimum atomic E-state index is -0.0209. The van der Waals surface area contributed by atoms with Crippen LogP contribution in [0.5, 0.6) is 0 Å². The summed E-state index contributed by atoms with van der Waals surface area (Å²) < 4.78 is 0. The molecule has 2 rings (SSSR count). The van der Waals surface area contributed by atoms with Gasteiger partial charge in [0.25, 0.3) is 0 Å². The number of rotatable bonds is 4. The number of nitrogens with one attached hydrogen (secondary N) is 1. The molecule has 1 aliphatic carbocycles. The minimum Gasteiger partial charge on any atom is -0.322 e. The second-order valence-corrected chi connectivity index (χ2v) is 4.57. The van der Waals surface area contributed by atoms with Crippen LogP contribution in [0.25, 0.3) is 0 Å². The smallest absolute Gasteiger partial charge is 0.322 e. The summed E-state index contributed by atoms with van der Waals surface area (Å²) in [5.74, 6) is 0.636. The first-order chi connectivity index (χ1) is 8.20. The van der Waals surface area contributed by atoms with E-state index in [1.165, 1.54) is 0 Å². The summed E-state index contributed by atoms with van der Waals surface area (Å²) in [6.07, 6.45) is 4.97. The molecule has 0 saturated heterocycles. The molecule has 0 bridgehead atoms. The summed E-state index contributed by atoms with van der Waals surface area (Å²) in [4.78, 5) is 18.1. The minimum absolute atomic E-state index is 0.0209. The molecule has 2 amide bonds. The Morgan fingerprint density at radius 1 is 1.59 bits per heavy atom. The van der Waals surface area contributed by atoms with Crippen molar-refractivity contribution in [1.82, 2.24) is 9.88 Å². The van der Waals surface area contributed by atoms with E-state index < -0.39 is 0 Å². The van der Waals surface area contributed by atoms with Gasteiger partial charge in [-0.1, -0.05) is 6.92 Å². The summed E-state index contributed by atoms with van der Waals surface area (Å²) >= 11 is 0. The molecule has 0 aliphatic heterocycles. The van der Waals surface area contributed by atoms with Crippen molar-refractivity contribution in [2.45, 2.75) is 39.2 Å². The van der Waals surface area contributed by atoms with Crippen LogP contribution < -0.4 is 5.32 Å². The van der Waals surface area contributed by atoms with Crippen LogP contribution in [0.15, 0.2) is 18.3 Å². The standard InChI is InChI=1S/C13H19N3O/c1-3-8-16(11-4-5-11)13(17)15-12-9-10(2)6-7-14-12/h6-7,9,11H,3-5,8H2,1-2H3,(H,14,15,17). The molecular weight excluding hydrogens is 214 g/mol. The van der Waals surface area contributed by atoms with E-state index in [9.17, 15) is 4.79 Å². The van der Waals surface area contributed by atoms with E-state index in [4.69, 9.17) is 0 Å². The van der Waals surface area contributed by atoms with Gasteiger partial charge in [-0.2, -0.15) is 0 Å². The molecule has 92 valence electrons. The van der Waals surface area contributed by atoms with Gasteiger partial charge in [-0.05, 0) is 43.9 Å². The van der Waals surface area contributed by atoms with Crippen molar-refractivity contribution >= 4 is 11.8 Å². The second-order valence-electron chi connectivity index (χ2n) is 4.57. The first kappa shape index (κ1) is 11.9. The monoisotopic (exact) mass is 233 g/mol. The summed E-state index contributed by atoms with van der Waals surface area (Å²) in [7, 11) is 0. The zero-order valence-electron chi connectivity index (χ0n) is 10.4. The Morgan fingerprint density at radius 3 is 2.94 bits per heavy atom. The van der Waals surface area contributed by atoms with E-state index in [-0.39, 0.29) is 6.03 Å². The molecule has 1 heterocycles. The van der Waals surface area contributed by atoms with E-state index in [2.05, 4.69) is 17.2 Å². The Kier molecular flexibility index (Phi) is 3.61. The Balaban J connectivity index is 1.99. The maximum Gasteiger partial charge on any atom is 0.323 e. The number of carbonyl (C=O) groups excluding carboxylic acids is 1. The molecule has 0 atom stereocenters. The average Bonchev–Trinajstić information content (AvgIpc) is 3.09. The quantitative estimate of drug-likeness (QED) is 0.869. The van der Waals surface area contributed by atoms with Crippen molar-refractivity contribution in [1.29, 1.82) is 0 Å². The van der Waals surface area contributed by atoms with Crippen LogP contribution in [-0.2, 0) is 0 Å². The number of urea groups is 1. The fourth-order valence-corrected chi connectivity index (χ4v) is 1.86. The lowest BCUT2D eigenvalue weighted by molar-refractivity contribution is 0.209. The molecule has 4 heteroatoms. The first-order valence-corrected chi connectivity index (χ1v) is 6.21. The number of hydrogen-bond donors (Lipinski definition) is 1. The van der Waals surface area contributed by atoms with Crippen LogP contribution in [0.4, 0.5) is 10.6 Å². The maximum atomic E-state index is 12.1. The van der Waals surface area contributed by atoms with Crippen molar-refractivity contribution in [3.05, 3.63) is 23.9 Å². The number of pyridine rings is 1. The molecule has 17 heavy (non-hydrogen) atoms. The van der Waals surface area contributed by atoms with Gasteiger partial charge in [0.05, 0.1) is 0 Å². The summed E-state index contributed by atoms with van der Waals surface area (Å²) in [5.41, 5.74) is 1.10. The van der Waals surface area contributed by atoms with Crippen molar-refractivity contribution < 1.29 is 4.79 Å². The Bertz CT molecular complexity index is 401. The van der Waals surface area contributed by atoms with Gasteiger partial charge in [-0.3, -0.25) is 5.32 Å². The second kappa shape index (κ2) is 5.17. The van der Waals surface area contributed by atoms with Gasteiger partial charge in [0.2, 0.25) is 0 Å². The molecule has 4 nitrogen and oxygen atoms in total. The van der Waals surface area contributed by atoms with Crippen molar-refractivity contribution in [2.24, 2.45) is 0 Å². The molecular formula is C13H19N3O. The Labute approximate surface area is 102 Å². The van der Waals surface area contributed by atoms with Gasteiger partial charge in [0.1, 0.15) is 5.82 Å². The van der Waals surface area contributed by atoms with E-state index in [1.54, 1.807) is 6.20 Å². The zero-order valence-corrected chi connectivity index (χ0v) is 10.4. The normalized spacial score (nSPS) is 14.5. The van der Waals surface area contributed by atoms with Crippen LogP contribution in [0.1, 0.15) is 31.7 Å². The highest BCUT2D eigenvalue weighted by atomic mass is 16.2. The summed E-state index contributed by atoms with van der Waals surface area (Å²) in [5, 5.41) is 2.86. The molecule has 1 N–H and O–H groups in total. The highest BCUT2D eigenvalue weighted by molar-refractivity contribution is 5.88. The molecule has 1 aromatic heterocycles. The number of aromatic nitrogens is 1. The molecule has 0 aromatic carbocycles. The van der Waals surface area contributed by atoms with Gasteiger partial charge in [-0.15, -0.1) is 0 Å². The van der Waals surface area contributed by atoms with Gasteiger partial charge in [-0.25, -0.2) is 9.78 Å². The molecule has 1 saturated carbocycles. The largest absolute Gasteiger partial charge is 0.323 e. The van der Waals surface area contributed by atoms with Crippen LogP contribution in [0.2, 0.25) is 0 Å². The van der Waals surface area contributed by atoms with Gasteiger partial charge in [0.15, 0.2) is 0 Å². The molecule has 0 spiro atoms. The number of amides is 2. The van der Waals surface area contributed by atoms with Crippen LogP contribution >= 0.6 is 0 Å². The van der Waals surface area contributed by atoms with Gasteiger partial charge in [0, 0.05) is 18.8 Å². The third-order valence-corrected chi connectivity index (χ3v) is 2.86. The molecule has 1 aliphatic rings. The number of nitrogens with zero attached hydrogens (tertiary/aromatic N) is 2. The molecule has 0 unspecified atom stereocenters. The first-order valence-electron chi connectivity index (χ1n) is 6.21. The number of carbonyl (C=O) groups is 1. The van der Waals surface area contributed by atoms with Gasteiger partial charge < -0.3 is 4.90 Å². The van der Waals surface area contributed by atoms with Crippen LogP contribution in [-0.4, -0.2) is 28.5 Å². The summed E-state index contributed by atoms with van der Waals surface area (Å²) in [6.45, 7) is 4.90. The maximum absolute atomic E-state index is 12.1. The molecule has 1 aromatic rings. The van der Waals surface area contributed by atoms with Crippen LogP contribution in [0.3, 0.4) is 0 Å². The lowest BCUT2D eigenvalue weighted by Crippen LogP contribution is -2.37. The zero-order chi connectivity index (χ0) is 12.3. The highest BCUT2D eigenvalue weighted by Gasteiger charge is 2.31.